The molecule has 0 aliphatic heterocycles. The zero-order valence-electron chi connectivity index (χ0n) is 11.7. The van der Waals surface area contributed by atoms with E-state index in [1.54, 1.807) is 12.1 Å². The highest BCUT2D eigenvalue weighted by molar-refractivity contribution is 5.62. The minimum Gasteiger partial charge on any atom is -0.457 e. The molecule has 0 radical (unpaired) electrons. The van der Waals surface area contributed by atoms with Crippen molar-refractivity contribution in [3.8, 4) is 5.75 Å². The molecule has 2 rings (SSSR count). The van der Waals surface area contributed by atoms with Crippen LogP contribution in [-0.2, 0) is 0 Å². The number of nitro benzene ring substituents is 1. The van der Waals surface area contributed by atoms with E-state index >= 15 is 0 Å². The average molecular weight is 284 g/mol. The van der Waals surface area contributed by atoms with Crippen LogP contribution in [0.15, 0.2) is 60.7 Å². The zero-order valence-corrected chi connectivity index (χ0v) is 11.7. The fourth-order valence-electron chi connectivity index (χ4n) is 1.78. The molecular formula is C16H16N2O3. The SMILES string of the molecule is CNC/C=C(\Oc1ccc([N+](=O)[O-])cc1)c1ccccc1. The number of nitro groups is 1. The van der Waals surface area contributed by atoms with Crippen LogP contribution in [0.3, 0.4) is 0 Å². The molecule has 0 heterocycles. The molecule has 108 valence electrons. The van der Waals surface area contributed by atoms with Gasteiger partial charge in [0.2, 0.25) is 0 Å². The Labute approximate surface area is 123 Å². The lowest BCUT2D eigenvalue weighted by Gasteiger charge is -2.10. The number of non-ortho nitro benzene ring substituents is 1. The first-order valence-electron chi connectivity index (χ1n) is 6.53. The van der Waals surface area contributed by atoms with Gasteiger partial charge in [0.25, 0.3) is 5.69 Å². The second-order valence-electron chi connectivity index (χ2n) is 4.35. The number of hydrogen-bond acceptors (Lipinski definition) is 4. The number of hydrogen-bond donors (Lipinski definition) is 1. The van der Waals surface area contributed by atoms with Crippen molar-refractivity contribution in [2.45, 2.75) is 0 Å². The summed E-state index contributed by atoms with van der Waals surface area (Å²) in [4.78, 5) is 10.2. The van der Waals surface area contributed by atoms with Crippen molar-refractivity contribution in [2.24, 2.45) is 0 Å². The summed E-state index contributed by atoms with van der Waals surface area (Å²) < 4.78 is 5.84. The lowest BCUT2D eigenvalue weighted by atomic mass is 10.2. The van der Waals surface area contributed by atoms with Gasteiger partial charge in [0.1, 0.15) is 11.5 Å². The van der Waals surface area contributed by atoms with Gasteiger partial charge in [0.15, 0.2) is 0 Å². The Morgan fingerprint density at radius 2 is 1.86 bits per heavy atom. The summed E-state index contributed by atoms with van der Waals surface area (Å²) in [5.74, 6) is 1.27. The molecule has 1 N–H and O–H groups in total. The Hall–Kier alpha value is -2.66. The van der Waals surface area contributed by atoms with Crippen LogP contribution in [0, 0.1) is 10.1 Å². The predicted octanol–water partition coefficient (Wildman–Crippen LogP) is 3.23. The largest absolute Gasteiger partial charge is 0.457 e. The van der Waals surface area contributed by atoms with Crippen LogP contribution in [0.25, 0.3) is 5.76 Å². The normalized spacial score (nSPS) is 11.2. The molecule has 0 amide bonds. The summed E-state index contributed by atoms with van der Waals surface area (Å²) >= 11 is 0. The monoisotopic (exact) mass is 284 g/mol. The lowest BCUT2D eigenvalue weighted by molar-refractivity contribution is -0.384. The molecule has 5 nitrogen and oxygen atoms in total. The van der Waals surface area contributed by atoms with Crippen LogP contribution in [0.5, 0.6) is 5.75 Å². The lowest BCUT2D eigenvalue weighted by Crippen LogP contribution is -2.07. The number of nitrogens with zero attached hydrogens (tertiary/aromatic N) is 1. The first-order chi connectivity index (χ1) is 10.2. The van der Waals surface area contributed by atoms with E-state index < -0.39 is 4.92 Å². The summed E-state index contributed by atoms with van der Waals surface area (Å²) in [5, 5.41) is 13.7. The molecular weight excluding hydrogens is 268 g/mol. The molecule has 0 fully saturated rings. The minimum atomic E-state index is -0.432. The third kappa shape index (κ3) is 4.15. The topological polar surface area (TPSA) is 64.4 Å². The van der Waals surface area contributed by atoms with Crippen LogP contribution in [0.4, 0.5) is 5.69 Å². The van der Waals surface area contributed by atoms with Crippen LogP contribution < -0.4 is 10.1 Å². The highest BCUT2D eigenvalue weighted by atomic mass is 16.6. The smallest absolute Gasteiger partial charge is 0.269 e. The highest BCUT2D eigenvalue weighted by Crippen LogP contribution is 2.23. The van der Waals surface area contributed by atoms with Crippen molar-refractivity contribution in [3.05, 3.63) is 76.4 Å². The fraction of sp³-hybridized carbons (Fsp3) is 0.125. The van der Waals surface area contributed by atoms with Crippen LogP contribution >= 0.6 is 0 Å². The third-order valence-corrected chi connectivity index (χ3v) is 2.83. The van der Waals surface area contributed by atoms with Crippen molar-refractivity contribution in [1.29, 1.82) is 0 Å². The number of nitrogens with one attached hydrogen (secondary N) is 1. The van der Waals surface area contributed by atoms with E-state index in [0.29, 0.717) is 18.1 Å². The van der Waals surface area contributed by atoms with Gasteiger partial charge in [-0.1, -0.05) is 30.3 Å². The number of ether oxygens (including phenoxy) is 1. The molecule has 5 heteroatoms. The summed E-state index contributed by atoms with van der Waals surface area (Å²) in [5.41, 5.74) is 0.994. The van der Waals surface area contributed by atoms with Crippen LogP contribution in [0.2, 0.25) is 0 Å². The Kier molecular flexibility index (Phi) is 5.06. The van der Waals surface area contributed by atoms with Crippen molar-refractivity contribution < 1.29 is 9.66 Å². The summed E-state index contributed by atoms with van der Waals surface area (Å²) in [6.07, 6.45) is 1.93. The summed E-state index contributed by atoms with van der Waals surface area (Å²) in [7, 11) is 1.85. The Morgan fingerprint density at radius 1 is 1.19 bits per heavy atom. The first-order valence-corrected chi connectivity index (χ1v) is 6.53. The maximum atomic E-state index is 10.6. The highest BCUT2D eigenvalue weighted by Gasteiger charge is 2.07. The first kappa shape index (κ1) is 14.7. The molecule has 2 aromatic rings. The van der Waals surface area contributed by atoms with Crippen molar-refractivity contribution in [2.75, 3.05) is 13.6 Å². The van der Waals surface area contributed by atoms with Crippen molar-refractivity contribution in [3.63, 3.8) is 0 Å². The second-order valence-corrected chi connectivity index (χ2v) is 4.35. The summed E-state index contributed by atoms with van der Waals surface area (Å²) in [6, 6.07) is 15.7. The molecule has 0 aliphatic carbocycles. The molecule has 21 heavy (non-hydrogen) atoms. The van der Waals surface area contributed by atoms with Crippen molar-refractivity contribution in [1.82, 2.24) is 5.32 Å². The Morgan fingerprint density at radius 3 is 2.43 bits per heavy atom. The van der Waals surface area contributed by atoms with Gasteiger partial charge in [0, 0.05) is 24.2 Å². The summed E-state index contributed by atoms with van der Waals surface area (Å²) in [6.45, 7) is 0.664. The maximum Gasteiger partial charge on any atom is 0.269 e. The molecule has 0 unspecified atom stereocenters. The van der Waals surface area contributed by atoms with E-state index in [1.165, 1.54) is 12.1 Å². The maximum absolute atomic E-state index is 10.6. The molecule has 0 aromatic heterocycles. The zero-order chi connectivity index (χ0) is 15.1. The van der Waals surface area contributed by atoms with Gasteiger partial charge in [-0.05, 0) is 25.3 Å². The standard InChI is InChI=1S/C16H16N2O3/c1-17-12-11-16(13-5-3-2-4-6-13)21-15-9-7-14(8-10-15)18(19)20/h2-11,17H,12H2,1H3/b16-11-. The second kappa shape index (κ2) is 7.21. The number of rotatable bonds is 6. The molecule has 2 aromatic carbocycles. The molecule has 0 saturated carbocycles. The Bertz CT molecular complexity index is 622. The van der Waals surface area contributed by atoms with E-state index in [2.05, 4.69) is 5.32 Å². The van der Waals surface area contributed by atoms with E-state index in [1.807, 2.05) is 43.5 Å². The van der Waals surface area contributed by atoms with Crippen LogP contribution in [-0.4, -0.2) is 18.5 Å². The fourth-order valence-corrected chi connectivity index (χ4v) is 1.78. The molecule has 0 atom stereocenters. The van der Waals surface area contributed by atoms with E-state index in [9.17, 15) is 10.1 Å². The number of likely N-dealkylation sites (N-methyl/N-ethyl adjacent to an activating group) is 1. The average Bonchev–Trinajstić information content (AvgIpc) is 2.52. The van der Waals surface area contributed by atoms with Gasteiger partial charge in [0.05, 0.1) is 4.92 Å². The van der Waals surface area contributed by atoms with E-state index in [0.717, 1.165) is 5.56 Å². The molecule has 0 aliphatic rings. The van der Waals surface area contributed by atoms with Crippen molar-refractivity contribution >= 4 is 11.4 Å². The third-order valence-electron chi connectivity index (χ3n) is 2.83. The minimum absolute atomic E-state index is 0.0443. The molecule has 0 spiro atoms. The van der Waals surface area contributed by atoms with Crippen LogP contribution in [0.1, 0.15) is 5.56 Å². The number of benzene rings is 2. The predicted molar refractivity (Wildman–Crippen MR) is 82.1 cm³/mol. The Balaban J connectivity index is 2.21. The van der Waals surface area contributed by atoms with Gasteiger partial charge >= 0.3 is 0 Å². The van der Waals surface area contributed by atoms with Gasteiger partial charge in [-0.15, -0.1) is 0 Å². The van der Waals surface area contributed by atoms with Gasteiger partial charge in [-0.2, -0.15) is 0 Å². The van der Waals surface area contributed by atoms with Gasteiger partial charge < -0.3 is 10.1 Å². The van der Waals surface area contributed by atoms with Gasteiger partial charge in [-0.3, -0.25) is 10.1 Å². The van der Waals surface area contributed by atoms with E-state index in [-0.39, 0.29) is 5.69 Å². The molecule has 0 bridgehead atoms. The van der Waals surface area contributed by atoms with Gasteiger partial charge in [-0.25, -0.2) is 0 Å². The molecule has 0 saturated heterocycles. The van der Waals surface area contributed by atoms with E-state index in [4.69, 9.17) is 4.74 Å². The quantitative estimate of drug-likeness (QED) is 0.502.